The monoisotopic (exact) mass is 247 g/mol. The lowest BCUT2D eigenvalue weighted by Gasteiger charge is -2.15. The molecule has 5 heteroatoms. The highest BCUT2D eigenvalue weighted by atomic mass is 16.4. The van der Waals surface area contributed by atoms with Crippen LogP contribution in [0.5, 0.6) is 0 Å². The molecule has 1 rings (SSSR count). The van der Waals surface area contributed by atoms with Gasteiger partial charge in [0.2, 0.25) is 0 Å². The first kappa shape index (κ1) is 14.0. The van der Waals surface area contributed by atoms with Gasteiger partial charge < -0.3 is 10.4 Å². The van der Waals surface area contributed by atoms with Gasteiger partial charge in [0.1, 0.15) is 5.56 Å². The molecule has 0 radical (unpaired) electrons. The maximum Gasteiger partial charge on any atom is 0.339 e. The first-order chi connectivity index (χ1) is 8.51. The Kier molecular flexibility index (Phi) is 4.67. The van der Waals surface area contributed by atoms with Crippen LogP contribution in [0.3, 0.4) is 0 Å². The third-order valence-electron chi connectivity index (χ3n) is 2.76. The standard InChI is InChI=1S/C13H17N3O2/c1-5-7-10(6-2)14-12-11(13(17)18)8(3)9(4)15-16-12/h2,10H,5,7H2,1,3-4H3,(H,14,16)(H,17,18). The van der Waals surface area contributed by atoms with Crippen molar-refractivity contribution in [3.63, 3.8) is 0 Å². The van der Waals surface area contributed by atoms with Crippen molar-refractivity contribution in [2.75, 3.05) is 5.32 Å². The van der Waals surface area contributed by atoms with E-state index in [0.29, 0.717) is 11.3 Å². The average molecular weight is 247 g/mol. The third kappa shape index (κ3) is 2.98. The molecule has 0 amide bonds. The highest BCUT2D eigenvalue weighted by molar-refractivity contribution is 5.94. The highest BCUT2D eigenvalue weighted by Crippen LogP contribution is 2.19. The van der Waals surface area contributed by atoms with Crippen LogP contribution in [0.2, 0.25) is 0 Å². The summed E-state index contributed by atoms with van der Waals surface area (Å²) in [5.41, 5.74) is 1.34. The largest absolute Gasteiger partial charge is 0.478 e. The second-order valence-corrected chi connectivity index (χ2v) is 4.09. The zero-order valence-electron chi connectivity index (χ0n) is 10.8. The predicted octanol–water partition coefficient (Wildman–Crippen LogP) is 2.01. The number of nitrogens with zero attached hydrogens (tertiary/aromatic N) is 2. The zero-order valence-corrected chi connectivity index (χ0v) is 10.8. The number of anilines is 1. The van der Waals surface area contributed by atoms with Crippen molar-refractivity contribution >= 4 is 11.8 Å². The van der Waals surface area contributed by atoms with Gasteiger partial charge in [0.05, 0.1) is 11.7 Å². The van der Waals surface area contributed by atoms with Crippen LogP contribution in [0.4, 0.5) is 5.82 Å². The number of aryl methyl sites for hydroxylation is 1. The molecule has 18 heavy (non-hydrogen) atoms. The van der Waals surface area contributed by atoms with E-state index in [1.807, 2.05) is 6.92 Å². The molecule has 1 unspecified atom stereocenters. The summed E-state index contributed by atoms with van der Waals surface area (Å²) in [4.78, 5) is 11.3. The van der Waals surface area contributed by atoms with Crippen molar-refractivity contribution in [3.05, 3.63) is 16.8 Å². The molecule has 0 spiro atoms. The van der Waals surface area contributed by atoms with Crippen LogP contribution in [0.25, 0.3) is 0 Å². The topological polar surface area (TPSA) is 75.1 Å². The Morgan fingerprint density at radius 3 is 2.67 bits per heavy atom. The summed E-state index contributed by atoms with van der Waals surface area (Å²) in [6, 6.07) is -0.232. The van der Waals surface area contributed by atoms with Gasteiger partial charge in [-0.3, -0.25) is 0 Å². The Morgan fingerprint density at radius 2 is 2.17 bits per heavy atom. The van der Waals surface area contributed by atoms with Crippen LogP contribution >= 0.6 is 0 Å². The number of carboxylic acids is 1. The SMILES string of the molecule is C#CC(CCC)Nc1nnc(C)c(C)c1C(=O)O. The summed E-state index contributed by atoms with van der Waals surface area (Å²) in [6.45, 7) is 5.45. The fraction of sp³-hybridized carbons (Fsp3) is 0.462. The summed E-state index contributed by atoms with van der Waals surface area (Å²) in [6.07, 6.45) is 7.05. The lowest BCUT2D eigenvalue weighted by atomic mass is 10.1. The Morgan fingerprint density at radius 1 is 1.50 bits per heavy atom. The van der Waals surface area contributed by atoms with Crippen LogP contribution in [-0.2, 0) is 0 Å². The molecule has 5 nitrogen and oxygen atoms in total. The number of rotatable bonds is 5. The Hall–Kier alpha value is -2.09. The van der Waals surface area contributed by atoms with E-state index in [2.05, 4.69) is 21.4 Å². The Bertz CT molecular complexity index is 492. The maximum atomic E-state index is 11.3. The predicted molar refractivity (Wildman–Crippen MR) is 69.6 cm³/mol. The molecule has 96 valence electrons. The maximum absolute atomic E-state index is 11.3. The van der Waals surface area contributed by atoms with Gasteiger partial charge in [0.25, 0.3) is 0 Å². The second kappa shape index (κ2) is 6.01. The van der Waals surface area contributed by atoms with Crippen LogP contribution in [0.1, 0.15) is 41.4 Å². The fourth-order valence-electron chi connectivity index (χ4n) is 1.62. The normalized spacial score (nSPS) is 11.7. The molecule has 1 aromatic heterocycles. The lowest BCUT2D eigenvalue weighted by Crippen LogP contribution is -2.21. The van der Waals surface area contributed by atoms with Gasteiger partial charge in [-0.1, -0.05) is 19.3 Å². The van der Waals surface area contributed by atoms with E-state index in [9.17, 15) is 9.90 Å². The molecule has 0 aliphatic heterocycles. The van der Waals surface area contributed by atoms with Gasteiger partial charge in [-0.25, -0.2) is 4.79 Å². The number of hydrogen-bond donors (Lipinski definition) is 2. The fourth-order valence-corrected chi connectivity index (χ4v) is 1.62. The average Bonchev–Trinajstić information content (AvgIpc) is 2.32. The van der Waals surface area contributed by atoms with Gasteiger partial charge in [-0.05, 0) is 25.8 Å². The van der Waals surface area contributed by atoms with Crippen LogP contribution < -0.4 is 5.32 Å². The van der Waals surface area contributed by atoms with Crippen molar-refractivity contribution in [2.24, 2.45) is 0 Å². The van der Waals surface area contributed by atoms with Crippen LogP contribution in [-0.4, -0.2) is 27.3 Å². The quantitative estimate of drug-likeness (QED) is 0.778. The van der Waals surface area contributed by atoms with Gasteiger partial charge >= 0.3 is 5.97 Å². The number of aromatic nitrogens is 2. The van der Waals surface area contributed by atoms with Crippen LogP contribution in [0, 0.1) is 26.2 Å². The van der Waals surface area contributed by atoms with E-state index in [1.165, 1.54) is 0 Å². The molecule has 1 aromatic rings. The molecule has 0 bridgehead atoms. The van der Waals surface area contributed by atoms with E-state index in [1.54, 1.807) is 13.8 Å². The number of nitrogens with one attached hydrogen (secondary N) is 1. The lowest BCUT2D eigenvalue weighted by molar-refractivity contribution is 0.0696. The van der Waals surface area contributed by atoms with Crippen molar-refractivity contribution in [3.8, 4) is 12.3 Å². The molecule has 0 aromatic carbocycles. The van der Waals surface area contributed by atoms with E-state index in [4.69, 9.17) is 6.42 Å². The summed E-state index contributed by atoms with van der Waals surface area (Å²) in [5, 5.41) is 20.0. The first-order valence-corrected chi connectivity index (χ1v) is 5.81. The summed E-state index contributed by atoms with van der Waals surface area (Å²) in [5.74, 6) is 1.79. The molecule has 0 saturated heterocycles. The molecule has 1 atom stereocenters. The van der Waals surface area contributed by atoms with Gasteiger partial charge in [-0.2, -0.15) is 5.10 Å². The van der Waals surface area contributed by atoms with Crippen molar-refractivity contribution in [1.82, 2.24) is 10.2 Å². The number of aromatic carboxylic acids is 1. The summed E-state index contributed by atoms with van der Waals surface area (Å²) in [7, 11) is 0. The van der Waals surface area contributed by atoms with Crippen LogP contribution in [0.15, 0.2) is 0 Å². The molecule has 0 fully saturated rings. The number of terminal acetylenes is 1. The van der Waals surface area contributed by atoms with Gasteiger partial charge in [0, 0.05) is 0 Å². The molecule has 1 heterocycles. The smallest absolute Gasteiger partial charge is 0.339 e. The second-order valence-electron chi connectivity index (χ2n) is 4.09. The number of hydrogen-bond acceptors (Lipinski definition) is 4. The Labute approximate surface area is 107 Å². The first-order valence-electron chi connectivity index (χ1n) is 5.81. The van der Waals surface area contributed by atoms with Crippen molar-refractivity contribution in [1.29, 1.82) is 0 Å². The molecule has 0 saturated carbocycles. The van der Waals surface area contributed by atoms with Crippen molar-refractivity contribution in [2.45, 2.75) is 39.7 Å². The number of carboxylic acid groups (broad SMARTS) is 1. The molecule has 0 aliphatic carbocycles. The Balaban J connectivity index is 3.13. The summed E-state index contributed by atoms with van der Waals surface area (Å²) < 4.78 is 0. The molecular weight excluding hydrogens is 230 g/mol. The minimum Gasteiger partial charge on any atom is -0.478 e. The van der Waals surface area contributed by atoms with E-state index in [0.717, 1.165) is 12.8 Å². The van der Waals surface area contributed by atoms with E-state index < -0.39 is 5.97 Å². The minimum absolute atomic E-state index is 0.138. The van der Waals surface area contributed by atoms with Gasteiger partial charge in [0.15, 0.2) is 5.82 Å². The van der Waals surface area contributed by atoms with E-state index >= 15 is 0 Å². The number of carbonyl (C=O) groups is 1. The molecule has 0 aliphatic rings. The molecule has 2 N–H and O–H groups in total. The highest BCUT2D eigenvalue weighted by Gasteiger charge is 2.19. The summed E-state index contributed by atoms with van der Waals surface area (Å²) >= 11 is 0. The zero-order chi connectivity index (χ0) is 13.7. The minimum atomic E-state index is -1.03. The van der Waals surface area contributed by atoms with Gasteiger partial charge in [-0.15, -0.1) is 11.5 Å². The van der Waals surface area contributed by atoms with Crippen molar-refractivity contribution < 1.29 is 9.90 Å². The molecular formula is C13H17N3O2. The van der Waals surface area contributed by atoms with E-state index in [-0.39, 0.29) is 17.4 Å². The third-order valence-corrected chi connectivity index (χ3v) is 2.76.